The van der Waals surface area contributed by atoms with Crippen molar-refractivity contribution < 1.29 is 9.90 Å². The van der Waals surface area contributed by atoms with Crippen LogP contribution in [-0.4, -0.2) is 20.9 Å². The highest BCUT2D eigenvalue weighted by Crippen LogP contribution is 2.16. The highest BCUT2D eigenvalue weighted by Gasteiger charge is 2.02. The molecule has 1 N–H and O–H groups in total. The van der Waals surface area contributed by atoms with Gasteiger partial charge in [-0.25, -0.2) is 4.68 Å². The molecule has 0 aliphatic carbocycles. The van der Waals surface area contributed by atoms with E-state index in [1.165, 1.54) is 0 Å². The first-order chi connectivity index (χ1) is 8.66. The molecule has 5 heteroatoms. The van der Waals surface area contributed by atoms with Crippen LogP contribution in [0.3, 0.4) is 0 Å². The SMILES string of the molecule is O=C(O)CCCc1ccc(-n2nccc2Br)cc1. The average molecular weight is 309 g/mol. The van der Waals surface area contributed by atoms with Gasteiger partial charge in [-0.15, -0.1) is 0 Å². The van der Waals surface area contributed by atoms with Crippen molar-refractivity contribution in [3.8, 4) is 5.69 Å². The Kier molecular flexibility index (Phi) is 4.15. The number of carboxylic acids is 1. The molecule has 0 unspecified atom stereocenters. The van der Waals surface area contributed by atoms with Crippen LogP contribution in [0.15, 0.2) is 41.1 Å². The monoisotopic (exact) mass is 308 g/mol. The average Bonchev–Trinajstić information content (AvgIpc) is 2.76. The van der Waals surface area contributed by atoms with Gasteiger partial charge in [0, 0.05) is 6.42 Å². The molecule has 0 aliphatic rings. The largest absolute Gasteiger partial charge is 0.481 e. The van der Waals surface area contributed by atoms with Crippen LogP contribution in [0.5, 0.6) is 0 Å². The van der Waals surface area contributed by atoms with Gasteiger partial charge in [-0.2, -0.15) is 5.10 Å². The fourth-order valence-electron chi connectivity index (χ4n) is 1.72. The summed E-state index contributed by atoms with van der Waals surface area (Å²) in [6.07, 6.45) is 3.39. The topological polar surface area (TPSA) is 55.1 Å². The number of nitrogens with zero attached hydrogens (tertiary/aromatic N) is 2. The third kappa shape index (κ3) is 3.20. The maximum atomic E-state index is 10.4. The van der Waals surface area contributed by atoms with Gasteiger partial charge in [0.05, 0.1) is 11.9 Å². The summed E-state index contributed by atoms with van der Waals surface area (Å²) < 4.78 is 2.70. The molecule has 0 bridgehead atoms. The third-order valence-corrected chi connectivity index (χ3v) is 3.23. The summed E-state index contributed by atoms with van der Waals surface area (Å²) in [6.45, 7) is 0. The Morgan fingerprint density at radius 1 is 1.28 bits per heavy atom. The first kappa shape index (κ1) is 12.8. The van der Waals surface area contributed by atoms with Crippen molar-refractivity contribution in [1.29, 1.82) is 0 Å². The second-order valence-corrected chi connectivity index (χ2v) is 4.79. The fraction of sp³-hybridized carbons (Fsp3) is 0.231. The van der Waals surface area contributed by atoms with E-state index < -0.39 is 5.97 Å². The number of benzene rings is 1. The number of aryl methyl sites for hydroxylation is 1. The number of hydrogen-bond donors (Lipinski definition) is 1. The maximum Gasteiger partial charge on any atom is 0.303 e. The van der Waals surface area contributed by atoms with Crippen LogP contribution in [0, 0.1) is 0 Å². The molecule has 2 aromatic rings. The lowest BCUT2D eigenvalue weighted by atomic mass is 10.1. The quantitative estimate of drug-likeness (QED) is 0.923. The molecule has 0 aliphatic heterocycles. The first-order valence-corrected chi connectivity index (χ1v) is 6.47. The zero-order valence-electron chi connectivity index (χ0n) is 9.71. The summed E-state index contributed by atoms with van der Waals surface area (Å²) >= 11 is 3.41. The maximum absolute atomic E-state index is 10.4. The van der Waals surface area contributed by atoms with E-state index >= 15 is 0 Å². The standard InChI is InChI=1S/C13H13BrN2O2/c14-12-8-9-15-16(12)11-6-4-10(5-7-11)2-1-3-13(17)18/h4-9H,1-3H2,(H,17,18). The van der Waals surface area contributed by atoms with Crippen molar-refractivity contribution in [3.05, 3.63) is 46.7 Å². The number of rotatable bonds is 5. The highest BCUT2D eigenvalue weighted by molar-refractivity contribution is 9.10. The number of hydrogen-bond acceptors (Lipinski definition) is 2. The lowest BCUT2D eigenvalue weighted by molar-refractivity contribution is -0.137. The van der Waals surface area contributed by atoms with Crippen LogP contribution in [0.1, 0.15) is 18.4 Å². The predicted octanol–water partition coefficient (Wildman–Crippen LogP) is 3.04. The van der Waals surface area contributed by atoms with E-state index in [2.05, 4.69) is 21.0 Å². The highest BCUT2D eigenvalue weighted by atomic mass is 79.9. The van der Waals surface area contributed by atoms with Gasteiger partial charge in [-0.05, 0) is 52.5 Å². The number of aliphatic carboxylic acids is 1. The van der Waals surface area contributed by atoms with E-state index in [-0.39, 0.29) is 6.42 Å². The molecule has 0 atom stereocenters. The molecule has 0 saturated carbocycles. The molecule has 1 aromatic carbocycles. The zero-order chi connectivity index (χ0) is 13.0. The van der Waals surface area contributed by atoms with Gasteiger partial charge in [-0.3, -0.25) is 4.79 Å². The van der Waals surface area contributed by atoms with Gasteiger partial charge in [0.1, 0.15) is 4.60 Å². The molecule has 0 fully saturated rings. The number of halogens is 1. The summed E-state index contributed by atoms with van der Waals surface area (Å²) in [5.74, 6) is -0.743. The van der Waals surface area contributed by atoms with Gasteiger partial charge in [-0.1, -0.05) is 12.1 Å². The van der Waals surface area contributed by atoms with Crippen molar-refractivity contribution >= 4 is 21.9 Å². The molecule has 0 spiro atoms. The molecule has 0 amide bonds. The van der Waals surface area contributed by atoms with Gasteiger partial charge in [0.2, 0.25) is 0 Å². The molecule has 0 saturated heterocycles. The minimum atomic E-state index is -0.743. The van der Waals surface area contributed by atoms with Crippen molar-refractivity contribution in [2.45, 2.75) is 19.3 Å². The summed E-state index contributed by atoms with van der Waals surface area (Å²) in [4.78, 5) is 10.4. The third-order valence-electron chi connectivity index (χ3n) is 2.63. The normalized spacial score (nSPS) is 10.5. The van der Waals surface area contributed by atoms with Crippen LogP contribution in [0.2, 0.25) is 0 Å². The van der Waals surface area contributed by atoms with Crippen LogP contribution >= 0.6 is 15.9 Å². The van der Waals surface area contributed by atoms with Gasteiger partial charge >= 0.3 is 5.97 Å². The molecule has 94 valence electrons. The van der Waals surface area contributed by atoms with E-state index in [1.54, 1.807) is 10.9 Å². The van der Waals surface area contributed by atoms with Crippen molar-refractivity contribution in [1.82, 2.24) is 9.78 Å². The summed E-state index contributed by atoms with van der Waals surface area (Å²) in [5.41, 5.74) is 2.12. The first-order valence-electron chi connectivity index (χ1n) is 5.67. The van der Waals surface area contributed by atoms with E-state index in [0.717, 1.165) is 22.3 Å². The Morgan fingerprint density at radius 2 is 2.00 bits per heavy atom. The zero-order valence-corrected chi connectivity index (χ0v) is 11.3. The molecule has 2 rings (SSSR count). The minimum absolute atomic E-state index is 0.215. The second-order valence-electron chi connectivity index (χ2n) is 3.98. The Labute approximate surface area is 113 Å². The lowest BCUT2D eigenvalue weighted by Crippen LogP contribution is -1.98. The van der Waals surface area contributed by atoms with E-state index in [1.807, 2.05) is 30.3 Å². The second kappa shape index (κ2) is 5.82. The van der Waals surface area contributed by atoms with E-state index in [9.17, 15) is 4.79 Å². The molecule has 18 heavy (non-hydrogen) atoms. The van der Waals surface area contributed by atoms with Gasteiger partial charge < -0.3 is 5.11 Å². The van der Waals surface area contributed by atoms with Gasteiger partial charge in [0.25, 0.3) is 0 Å². The van der Waals surface area contributed by atoms with Crippen LogP contribution < -0.4 is 0 Å². The Balaban J connectivity index is 2.02. The van der Waals surface area contributed by atoms with Crippen molar-refractivity contribution in [3.63, 3.8) is 0 Å². The van der Waals surface area contributed by atoms with E-state index in [4.69, 9.17) is 5.11 Å². The van der Waals surface area contributed by atoms with Crippen LogP contribution in [0.25, 0.3) is 5.69 Å². The smallest absolute Gasteiger partial charge is 0.303 e. The van der Waals surface area contributed by atoms with Crippen LogP contribution in [0.4, 0.5) is 0 Å². The van der Waals surface area contributed by atoms with Crippen molar-refractivity contribution in [2.75, 3.05) is 0 Å². The van der Waals surface area contributed by atoms with Crippen molar-refractivity contribution in [2.24, 2.45) is 0 Å². The molecular formula is C13H13BrN2O2. The molecule has 1 aromatic heterocycles. The molecular weight excluding hydrogens is 296 g/mol. The molecule has 0 radical (unpaired) electrons. The Morgan fingerprint density at radius 3 is 2.56 bits per heavy atom. The number of aromatic nitrogens is 2. The van der Waals surface area contributed by atoms with E-state index in [0.29, 0.717) is 6.42 Å². The van der Waals surface area contributed by atoms with Gasteiger partial charge in [0.15, 0.2) is 0 Å². The lowest BCUT2D eigenvalue weighted by Gasteiger charge is -2.05. The molecule has 1 heterocycles. The number of carbonyl (C=O) groups is 1. The Hall–Kier alpha value is -1.62. The Bertz CT molecular complexity index is 534. The summed E-state index contributed by atoms with van der Waals surface area (Å²) in [7, 11) is 0. The predicted molar refractivity (Wildman–Crippen MR) is 71.8 cm³/mol. The number of carboxylic acid groups (broad SMARTS) is 1. The summed E-state index contributed by atoms with van der Waals surface area (Å²) in [5, 5.41) is 12.8. The molecule has 4 nitrogen and oxygen atoms in total. The summed E-state index contributed by atoms with van der Waals surface area (Å²) in [6, 6.07) is 9.85. The van der Waals surface area contributed by atoms with Crippen LogP contribution in [-0.2, 0) is 11.2 Å². The minimum Gasteiger partial charge on any atom is -0.481 e. The fourth-order valence-corrected chi connectivity index (χ4v) is 2.14.